The first-order valence-electron chi connectivity index (χ1n) is 5.98. The summed E-state index contributed by atoms with van der Waals surface area (Å²) in [5.41, 5.74) is 0. The predicted octanol–water partition coefficient (Wildman–Crippen LogP) is 2.10. The van der Waals surface area contributed by atoms with Gasteiger partial charge in [0.25, 0.3) is 0 Å². The second-order valence-corrected chi connectivity index (χ2v) is 5.29. The molecule has 1 N–H and O–H groups in total. The smallest absolute Gasteiger partial charge is 0.0169 e. The van der Waals surface area contributed by atoms with E-state index in [0.29, 0.717) is 6.04 Å². The molecule has 1 fully saturated rings. The highest BCUT2D eigenvalue weighted by molar-refractivity contribution is 4.78. The van der Waals surface area contributed by atoms with Gasteiger partial charge in [-0.3, -0.25) is 0 Å². The van der Waals surface area contributed by atoms with Crippen molar-refractivity contribution in [1.82, 2.24) is 10.2 Å². The third-order valence-electron chi connectivity index (χ3n) is 3.18. The SMILES string of the molecule is CC1CCC(NC(C)CN(C)C)CC1. The van der Waals surface area contributed by atoms with Gasteiger partial charge in [0.1, 0.15) is 0 Å². The molecule has 2 heteroatoms. The van der Waals surface area contributed by atoms with Crippen molar-refractivity contribution < 1.29 is 0 Å². The van der Waals surface area contributed by atoms with Crippen LogP contribution in [0.1, 0.15) is 39.5 Å². The molecule has 1 aliphatic carbocycles. The van der Waals surface area contributed by atoms with E-state index in [1.165, 1.54) is 25.7 Å². The van der Waals surface area contributed by atoms with Crippen LogP contribution < -0.4 is 5.32 Å². The summed E-state index contributed by atoms with van der Waals surface area (Å²) in [6.45, 7) is 5.81. The topological polar surface area (TPSA) is 15.3 Å². The molecule has 0 heterocycles. The maximum Gasteiger partial charge on any atom is 0.0169 e. The molecule has 0 saturated heterocycles. The molecule has 0 aromatic heterocycles. The maximum absolute atomic E-state index is 3.73. The Labute approximate surface area is 89.1 Å². The highest BCUT2D eigenvalue weighted by Gasteiger charge is 2.19. The summed E-state index contributed by atoms with van der Waals surface area (Å²) < 4.78 is 0. The highest BCUT2D eigenvalue weighted by atomic mass is 15.1. The molecule has 0 radical (unpaired) electrons. The summed E-state index contributed by atoms with van der Waals surface area (Å²) >= 11 is 0. The molecule has 0 aromatic carbocycles. The van der Waals surface area contributed by atoms with Crippen LogP contribution in [0.5, 0.6) is 0 Å². The zero-order valence-electron chi connectivity index (χ0n) is 10.2. The van der Waals surface area contributed by atoms with Gasteiger partial charge in [0, 0.05) is 18.6 Å². The molecule has 84 valence electrons. The van der Waals surface area contributed by atoms with Crippen LogP contribution in [0.3, 0.4) is 0 Å². The van der Waals surface area contributed by atoms with E-state index in [0.717, 1.165) is 18.5 Å². The van der Waals surface area contributed by atoms with Crippen LogP contribution in [-0.2, 0) is 0 Å². The molecule has 1 rings (SSSR count). The molecular formula is C12H26N2. The van der Waals surface area contributed by atoms with E-state index < -0.39 is 0 Å². The maximum atomic E-state index is 3.73. The third kappa shape index (κ3) is 4.43. The summed E-state index contributed by atoms with van der Waals surface area (Å²) in [6, 6.07) is 1.41. The van der Waals surface area contributed by atoms with Crippen molar-refractivity contribution in [2.45, 2.75) is 51.6 Å². The van der Waals surface area contributed by atoms with Gasteiger partial charge < -0.3 is 10.2 Å². The van der Waals surface area contributed by atoms with Gasteiger partial charge in [-0.05, 0) is 52.6 Å². The van der Waals surface area contributed by atoms with Crippen molar-refractivity contribution in [2.75, 3.05) is 20.6 Å². The number of nitrogens with one attached hydrogen (secondary N) is 1. The van der Waals surface area contributed by atoms with Crippen molar-refractivity contribution in [3.8, 4) is 0 Å². The van der Waals surface area contributed by atoms with Gasteiger partial charge in [-0.15, -0.1) is 0 Å². The molecule has 14 heavy (non-hydrogen) atoms. The van der Waals surface area contributed by atoms with Gasteiger partial charge in [-0.2, -0.15) is 0 Å². The Balaban J connectivity index is 2.17. The molecule has 0 spiro atoms. The Morgan fingerprint density at radius 2 is 1.79 bits per heavy atom. The van der Waals surface area contributed by atoms with Crippen LogP contribution in [0.15, 0.2) is 0 Å². The lowest BCUT2D eigenvalue weighted by Gasteiger charge is -2.30. The van der Waals surface area contributed by atoms with E-state index in [1.54, 1.807) is 0 Å². The molecule has 0 bridgehead atoms. The predicted molar refractivity (Wildman–Crippen MR) is 62.6 cm³/mol. The largest absolute Gasteiger partial charge is 0.310 e. The Bertz CT molecular complexity index is 148. The lowest BCUT2D eigenvalue weighted by molar-refractivity contribution is 0.265. The van der Waals surface area contributed by atoms with Gasteiger partial charge in [-0.1, -0.05) is 6.92 Å². The number of likely N-dealkylation sites (N-methyl/N-ethyl adjacent to an activating group) is 1. The van der Waals surface area contributed by atoms with Gasteiger partial charge in [0.2, 0.25) is 0 Å². The van der Waals surface area contributed by atoms with Crippen LogP contribution in [0.2, 0.25) is 0 Å². The normalized spacial score (nSPS) is 30.6. The summed E-state index contributed by atoms with van der Waals surface area (Å²) in [7, 11) is 4.28. The lowest BCUT2D eigenvalue weighted by Crippen LogP contribution is -2.43. The van der Waals surface area contributed by atoms with Crippen molar-refractivity contribution in [3.63, 3.8) is 0 Å². The number of hydrogen-bond acceptors (Lipinski definition) is 2. The summed E-state index contributed by atoms with van der Waals surface area (Å²) in [6.07, 6.45) is 5.57. The fraction of sp³-hybridized carbons (Fsp3) is 1.00. The van der Waals surface area contributed by atoms with E-state index in [1.807, 2.05) is 0 Å². The zero-order valence-corrected chi connectivity index (χ0v) is 10.2. The van der Waals surface area contributed by atoms with Crippen LogP contribution in [-0.4, -0.2) is 37.6 Å². The number of rotatable bonds is 4. The first kappa shape index (κ1) is 12.0. The molecule has 0 aliphatic heterocycles. The molecule has 1 saturated carbocycles. The van der Waals surface area contributed by atoms with E-state index in [2.05, 4.69) is 38.2 Å². The van der Waals surface area contributed by atoms with Gasteiger partial charge in [-0.25, -0.2) is 0 Å². The van der Waals surface area contributed by atoms with Crippen LogP contribution in [0.4, 0.5) is 0 Å². The molecule has 0 aromatic rings. The molecule has 1 aliphatic rings. The Kier molecular flexibility index (Phi) is 4.90. The Morgan fingerprint density at radius 1 is 1.21 bits per heavy atom. The van der Waals surface area contributed by atoms with Gasteiger partial charge in [0.15, 0.2) is 0 Å². The summed E-state index contributed by atoms with van der Waals surface area (Å²) in [5, 5.41) is 3.73. The van der Waals surface area contributed by atoms with E-state index in [-0.39, 0.29) is 0 Å². The molecular weight excluding hydrogens is 172 g/mol. The fourth-order valence-electron chi connectivity index (χ4n) is 2.43. The van der Waals surface area contributed by atoms with E-state index >= 15 is 0 Å². The molecule has 0 amide bonds. The van der Waals surface area contributed by atoms with E-state index in [4.69, 9.17) is 0 Å². The first-order valence-corrected chi connectivity index (χ1v) is 5.98. The average molecular weight is 198 g/mol. The second kappa shape index (κ2) is 5.72. The average Bonchev–Trinajstić information content (AvgIpc) is 2.07. The van der Waals surface area contributed by atoms with Gasteiger partial charge in [0.05, 0.1) is 0 Å². The number of nitrogens with zero attached hydrogens (tertiary/aromatic N) is 1. The van der Waals surface area contributed by atoms with Crippen molar-refractivity contribution in [1.29, 1.82) is 0 Å². The van der Waals surface area contributed by atoms with Gasteiger partial charge >= 0.3 is 0 Å². The minimum Gasteiger partial charge on any atom is -0.310 e. The number of hydrogen-bond donors (Lipinski definition) is 1. The quantitative estimate of drug-likeness (QED) is 0.744. The van der Waals surface area contributed by atoms with E-state index in [9.17, 15) is 0 Å². The summed E-state index contributed by atoms with van der Waals surface area (Å²) in [4.78, 5) is 2.25. The monoisotopic (exact) mass is 198 g/mol. The van der Waals surface area contributed by atoms with Crippen LogP contribution >= 0.6 is 0 Å². The first-order chi connectivity index (χ1) is 6.58. The minimum absolute atomic E-state index is 0.628. The standard InChI is InChI=1S/C12H26N2/c1-10-5-7-12(8-6-10)13-11(2)9-14(3)4/h10-13H,5-9H2,1-4H3. The summed E-state index contributed by atoms with van der Waals surface area (Å²) in [5.74, 6) is 0.956. The Morgan fingerprint density at radius 3 is 2.29 bits per heavy atom. The fourth-order valence-corrected chi connectivity index (χ4v) is 2.43. The lowest BCUT2D eigenvalue weighted by atomic mass is 9.87. The Hall–Kier alpha value is -0.0800. The molecule has 2 nitrogen and oxygen atoms in total. The van der Waals surface area contributed by atoms with Crippen LogP contribution in [0.25, 0.3) is 0 Å². The second-order valence-electron chi connectivity index (χ2n) is 5.29. The third-order valence-corrected chi connectivity index (χ3v) is 3.18. The van der Waals surface area contributed by atoms with Crippen LogP contribution in [0, 0.1) is 5.92 Å². The molecule has 1 atom stereocenters. The highest BCUT2D eigenvalue weighted by Crippen LogP contribution is 2.23. The van der Waals surface area contributed by atoms with Crippen molar-refractivity contribution in [3.05, 3.63) is 0 Å². The van der Waals surface area contributed by atoms with Crippen molar-refractivity contribution in [2.24, 2.45) is 5.92 Å². The van der Waals surface area contributed by atoms with Crippen molar-refractivity contribution >= 4 is 0 Å². The zero-order chi connectivity index (χ0) is 10.6. The minimum atomic E-state index is 0.628. The molecule has 1 unspecified atom stereocenters.